The first-order valence-corrected chi connectivity index (χ1v) is 7.98. The van der Waals surface area contributed by atoms with Gasteiger partial charge in [0.05, 0.1) is 16.3 Å². The van der Waals surface area contributed by atoms with E-state index in [4.69, 9.17) is 5.73 Å². The van der Waals surface area contributed by atoms with Crippen LogP contribution in [0.2, 0.25) is 0 Å². The van der Waals surface area contributed by atoms with Crippen molar-refractivity contribution in [3.63, 3.8) is 0 Å². The molecule has 19 heavy (non-hydrogen) atoms. The molecule has 1 aromatic rings. The minimum absolute atomic E-state index is 0.232. The van der Waals surface area contributed by atoms with Crippen LogP contribution in [-0.4, -0.2) is 21.5 Å². The van der Waals surface area contributed by atoms with Crippen molar-refractivity contribution >= 4 is 21.4 Å². The Kier molecular flexibility index (Phi) is 5.62. The molecule has 0 bridgehead atoms. The lowest BCUT2D eigenvalue weighted by Crippen LogP contribution is -2.23. The summed E-state index contributed by atoms with van der Waals surface area (Å²) in [5.41, 5.74) is 7.07. The second-order valence-corrected chi connectivity index (χ2v) is 6.63. The number of nitrogens with one attached hydrogen (secondary N) is 2. The van der Waals surface area contributed by atoms with Gasteiger partial charge in [0.2, 0.25) is 10.0 Å². The van der Waals surface area contributed by atoms with Crippen LogP contribution in [0.25, 0.3) is 0 Å². The average Bonchev–Trinajstić information content (AvgIpc) is 2.30. The van der Waals surface area contributed by atoms with Crippen molar-refractivity contribution in [2.45, 2.75) is 32.1 Å². The highest BCUT2D eigenvalue weighted by Gasteiger charge is 2.14. The smallest absolute Gasteiger partial charge is 0.240 e. The topological polar surface area (TPSA) is 84.2 Å². The van der Waals surface area contributed by atoms with E-state index in [-0.39, 0.29) is 4.90 Å². The van der Waals surface area contributed by atoms with Gasteiger partial charge in [-0.05, 0) is 30.5 Å². The second-order valence-electron chi connectivity index (χ2n) is 4.86. The fourth-order valence-electron chi connectivity index (χ4n) is 1.62. The first-order chi connectivity index (χ1) is 8.86. The monoisotopic (exact) mass is 285 g/mol. The maximum atomic E-state index is 11.9. The number of nitrogen functional groups attached to an aromatic ring is 1. The summed E-state index contributed by atoms with van der Waals surface area (Å²) in [6, 6.07) is 4.70. The molecule has 0 saturated carbocycles. The van der Waals surface area contributed by atoms with Crippen LogP contribution in [-0.2, 0) is 10.0 Å². The van der Waals surface area contributed by atoms with Gasteiger partial charge in [-0.15, -0.1) is 0 Å². The molecule has 0 aliphatic heterocycles. The van der Waals surface area contributed by atoms with E-state index < -0.39 is 10.0 Å². The molecule has 1 aromatic carbocycles. The highest BCUT2D eigenvalue weighted by molar-refractivity contribution is 7.89. The van der Waals surface area contributed by atoms with Crippen molar-refractivity contribution in [3.8, 4) is 0 Å². The Balaban J connectivity index is 2.88. The van der Waals surface area contributed by atoms with E-state index in [2.05, 4.69) is 23.9 Å². The number of anilines is 2. The van der Waals surface area contributed by atoms with Gasteiger partial charge in [0.15, 0.2) is 0 Å². The van der Waals surface area contributed by atoms with E-state index in [0.29, 0.717) is 23.8 Å². The molecule has 5 nitrogen and oxygen atoms in total. The first kappa shape index (κ1) is 15.8. The van der Waals surface area contributed by atoms with Crippen LogP contribution in [0.5, 0.6) is 0 Å². The molecule has 0 aliphatic carbocycles. The third kappa shape index (κ3) is 4.72. The summed E-state index contributed by atoms with van der Waals surface area (Å²) in [5.74, 6) is 0.586. The highest BCUT2D eigenvalue weighted by atomic mass is 32.2. The average molecular weight is 285 g/mol. The van der Waals surface area contributed by atoms with Crippen LogP contribution in [0.3, 0.4) is 0 Å². The molecule has 1 rings (SSSR count). The van der Waals surface area contributed by atoms with E-state index in [0.717, 1.165) is 13.0 Å². The lowest BCUT2D eigenvalue weighted by molar-refractivity contribution is 0.584. The molecule has 0 aromatic heterocycles. The molecule has 0 fully saturated rings. The summed E-state index contributed by atoms with van der Waals surface area (Å²) in [6.07, 6.45) is 1.00. The first-order valence-electron chi connectivity index (χ1n) is 6.50. The van der Waals surface area contributed by atoms with Crippen LogP contribution < -0.4 is 15.8 Å². The summed E-state index contributed by atoms with van der Waals surface area (Å²) in [7, 11) is -3.44. The molecule has 4 N–H and O–H groups in total. The fraction of sp³-hybridized carbons (Fsp3) is 0.538. The number of hydrogen-bond donors (Lipinski definition) is 3. The Morgan fingerprint density at radius 2 is 2.00 bits per heavy atom. The SMILES string of the molecule is CCNS(=O)(=O)c1ccc(N)c(NCCC(C)C)c1. The molecule has 0 saturated heterocycles. The van der Waals surface area contributed by atoms with Crippen LogP contribution >= 0.6 is 0 Å². The fourth-order valence-corrected chi connectivity index (χ4v) is 2.69. The second kappa shape index (κ2) is 6.77. The van der Waals surface area contributed by atoms with Crippen LogP contribution in [0.1, 0.15) is 27.2 Å². The Morgan fingerprint density at radius 3 is 2.58 bits per heavy atom. The zero-order chi connectivity index (χ0) is 14.5. The van der Waals surface area contributed by atoms with E-state index in [1.165, 1.54) is 6.07 Å². The standard InChI is InChI=1S/C13H23N3O2S/c1-4-16-19(17,18)11-5-6-12(14)13(9-11)15-8-7-10(2)3/h5-6,9-10,15-16H,4,7-8,14H2,1-3H3. The number of nitrogens with two attached hydrogens (primary N) is 1. The van der Waals surface area contributed by atoms with Crippen molar-refractivity contribution in [1.82, 2.24) is 4.72 Å². The van der Waals surface area contributed by atoms with Crippen molar-refractivity contribution in [3.05, 3.63) is 18.2 Å². The molecule has 0 radical (unpaired) electrons. The molecule has 0 aliphatic rings. The quantitative estimate of drug-likeness (QED) is 0.669. The van der Waals surface area contributed by atoms with E-state index in [1.807, 2.05) is 0 Å². The molecule has 108 valence electrons. The van der Waals surface area contributed by atoms with E-state index in [1.54, 1.807) is 19.1 Å². The predicted octanol–water partition coefficient (Wildman–Crippen LogP) is 2.02. The molecule has 0 atom stereocenters. The third-order valence-electron chi connectivity index (χ3n) is 2.71. The van der Waals surface area contributed by atoms with Gasteiger partial charge in [0.25, 0.3) is 0 Å². The lowest BCUT2D eigenvalue weighted by Gasteiger charge is -2.12. The normalized spacial score (nSPS) is 11.8. The molecular formula is C13H23N3O2S. The van der Waals surface area contributed by atoms with Crippen molar-refractivity contribution in [2.24, 2.45) is 5.92 Å². The molecule has 0 unspecified atom stereocenters. The van der Waals surface area contributed by atoms with Crippen LogP contribution in [0.4, 0.5) is 11.4 Å². The highest BCUT2D eigenvalue weighted by Crippen LogP contribution is 2.23. The number of rotatable bonds is 7. The summed E-state index contributed by atoms with van der Waals surface area (Å²) in [5, 5.41) is 3.18. The summed E-state index contributed by atoms with van der Waals surface area (Å²) < 4.78 is 26.3. The third-order valence-corrected chi connectivity index (χ3v) is 4.25. The Morgan fingerprint density at radius 1 is 1.32 bits per heavy atom. The zero-order valence-corrected chi connectivity index (χ0v) is 12.5. The van der Waals surface area contributed by atoms with Crippen LogP contribution in [0.15, 0.2) is 23.1 Å². The number of benzene rings is 1. The van der Waals surface area contributed by atoms with Gasteiger partial charge in [-0.25, -0.2) is 13.1 Å². The maximum Gasteiger partial charge on any atom is 0.240 e. The van der Waals surface area contributed by atoms with Gasteiger partial charge in [-0.3, -0.25) is 0 Å². The van der Waals surface area contributed by atoms with Crippen molar-refractivity contribution < 1.29 is 8.42 Å². The molecule has 0 heterocycles. The summed E-state index contributed by atoms with van der Waals surface area (Å²) in [6.45, 7) is 7.15. The molecule has 6 heteroatoms. The number of hydrogen-bond acceptors (Lipinski definition) is 4. The number of sulfonamides is 1. The minimum Gasteiger partial charge on any atom is -0.397 e. The van der Waals surface area contributed by atoms with Crippen molar-refractivity contribution in [2.75, 3.05) is 24.1 Å². The summed E-state index contributed by atoms with van der Waals surface area (Å²) >= 11 is 0. The Bertz CT molecular complexity index is 513. The Labute approximate surface area is 115 Å². The predicted molar refractivity (Wildman–Crippen MR) is 79.7 cm³/mol. The largest absolute Gasteiger partial charge is 0.397 e. The van der Waals surface area contributed by atoms with E-state index >= 15 is 0 Å². The van der Waals surface area contributed by atoms with Gasteiger partial charge in [-0.1, -0.05) is 20.8 Å². The van der Waals surface area contributed by atoms with Gasteiger partial charge in [-0.2, -0.15) is 0 Å². The minimum atomic E-state index is -3.44. The summed E-state index contributed by atoms with van der Waals surface area (Å²) in [4.78, 5) is 0.232. The van der Waals surface area contributed by atoms with Crippen LogP contribution in [0, 0.1) is 5.92 Å². The molecule has 0 spiro atoms. The van der Waals surface area contributed by atoms with Crippen molar-refractivity contribution in [1.29, 1.82) is 0 Å². The van der Waals surface area contributed by atoms with Gasteiger partial charge < -0.3 is 11.1 Å². The van der Waals surface area contributed by atoms with E-state index in [9.17, 15) is 8.42 Å². The maximum absolute atomic E-state index is 11.9. The van der Waals surface area contributed by atoms with Gasteiger partial charge in [0, 0.05) is 13.1 Å². The van der Waals surface area contributed by atoms with Gasteiger partial charge >= 0.3 is 0 Å². The molecule has 0 amide bonds. The molecular weight excluding hydrogens is 262 g/mol. The zero-order valence-electron chi connectivity index (χ0n) is 11.7. The lowest BCUT2D eigenvalue weighted by atomic mass is 10.1. The Hall–Kier alpha value is -1.27. The van der Waals surface area contributed by atoms with Gasteiger partial charge in [0.1, 0.15) is 0 Å².